The first-order chi connectivity index (χ1) is 9.80. The number of allylic oxidation sites excluding steroid dienone is 4. The topological polar surface area (TPSA) is 20.2 Å². The van der Waals surface area contributed by atoms with Crippen molar-refractivity contribution in [2.24, 2.45) is 17.3 Å². The molecule has 3 unspecified atom stereocenters. The minimum atomic E-state index is -0.316. The van der Waals surface area contributed by atoms with E-state index in [2.05, 4.69) is 52.8 Å². The molecular formula is C20H32O. The first-order valence-corrected chi connectivity index (χ1v) is 8.49. The molecule has 0 spiro atoms. The number of aliphatic hydroxyl groups is 1. The summed E-state index contributed by atoms with van der Waals surface area (Å²) in [6.45, 7) is 11.4. The Labute approximate surface area is 130 Å². The minimum Gasteiger partial charge on any atom is -0.389 e. The second-order valence-electron chi connectivity index (χ2n) is 7.88. The lowest BCUT2D eigenvalue weighted by Crippen LogP contribution is -2.04. The molecule has 1 N–H and O–H groups in total. The van der Waals surface area contributed by atoms with Crippen LogP contribution >= 0.6 is 0 Å². The Bertz CT molecular complexity index is 464. The average molecular weight is 288 g/mol. The van der Waals surface area contributed by atoms with Gasteiger partial charge in [0, 0.05) is 0 Å². The van der Waals surface area contributed by atoms with Crippen LogP contribution in [0.3, 0.4) is 0 Å². The van der Waals surface area contributed by atoms with E-state index in [-0.39, 0.29) is 6.10 Å². The average Bonchev–Trinajstić information content (AvgIpc) is 2.86. The van der Waals surface area contributed by atoms with E-state index in [9.17, 15) is 5.11 Å². The zero-order valence-electron chi connectivity index (χ0n) is 14.4. The maximum atomic E-state index is 10.2. The Morgan fingerprint density at radius 1 is 1.00 bits per heavy atom. The Morgan fingerprint density at radius 3 is 2.38 bits per heavy atom. The lowest BCUT2D eigenvalue weighted by Gasteiger charge is -2.10. The SMILES string of the molecule is CC1=CC2C(CCC(C)=CC(O)CC(C)=CCC1)C2(C)C. The van der Waals surface area contributed by atoms with Gasteiger partial charge in [-0.05, 0) is 70.1 Å². The van der Waals surface area contributed by atoms with E-state index in [0.717, 1.165) is 37.5 Å². The van der Waals surface area contributed by atoms with E-state index < -0.39 is 0 Å². The summed E-state index contributed by atoms with van der Waals surface area (Å²) >= 11 is 0. The second kappa shape index (κ2) is 6.52. The first kappa shape index (κ1) is 16.5. The number of aliphatic hydroxyl groups excluding tert-OH is 1. The van der Waals surface area contributed by atoms with Crippen LogP contribution in [0.2, 0.25) is 0 Å². The molecule has 0 bridgehead atoms. The van der Waals surface area contributed by atoms with E-state index in [1.807, 2.05) is 0 Å². The Kier molecular flexibility index (Phi) is 5.14. The van der Waals surface area contributed by atoms with Crippen molar-refractivity contribution in [2.45, 2.75) is 72.8 Å². The quantitative estimate of drug-likeness (QED) is 0.590. The van der Waals surface area contributed by atoms with Crippen molar-refractivity contribution >= 4 is 0 Å². The van der Waals surface area contributed by atoms with Crippen LogP contribution in [0.25, 0.3) is 0 Å². The van der Waals surface area contributed by atoms with E-state index in [1.54, 1.807) is 0 Å². The summed E-state index contributed by atoms with van der Waals surface area (Å²) < 4.78 is 0. The molecule has 2 rings (SSSR count). The smallest absolute Gasteiger partial charge is 0.0760 e. The molecule has 0 aromatic carbocycles. The van der Waals surface area contributed by atoms with Crippen LogP contribution in [-0.2, 0) is 0 Å². The summed E-state index contributed by atoms with van der Waals surface area (Å²) in [5.41, 5.74) is 4.64. The number of hydrogen-bond acceptors (Lipinski definition) is 1. The van der Waals surface area contributed by atoms with Gasteiger partial charge in [0.2, 0.25) is 0 Å². The monoisotopic (exact) mass is 288 g/mol. The van der Waals surface area contributed by atoms with Crippen LogP contribution in [0, 0.1) is 17.3 Å². The van der Waals surface area contributed by atoms with Gasteiger partial charge < -0.3 is 5.11 Å². The molecule has 0 saturated heterocycles. The summed E-state index contributed by atoms with van der Waals surface area (Å²) in [4.78, 5) is 0. The van der Waals surface area contributed by atoms with Gasteiger partial charge in [-0.2, -0.15) is 0 Å². The molecule has 2 aliphatic carbocycles. The van der Waals surface area contributed by atoms with Gasteiger partial charge in [0.15, 0.2) is 0 Å². The second-order valence-corrected chi connectivity index (χ2v) is 7.88. The van der Waals surface area contributed by atoms with Crippen LogP contribution in [0.1, 0.15) is 66.7 Å². The van der Waals surface area contributed by atoms with Crippen molar-refractivity contribution in [3.05, 3.63) is 34.9 Å². The fourth-order valence-corrected chi connectivity index (χ4v) is 3.87. The van der Waals surface area contributed by atoms with Gasteiger partial charge in [-0.3, -0.25) is 0 Å². The van der Waals surface area contributed by atoms with E-state index >= 15 is 0 Å². The van der Waals surface area contributed by atoms with E-state index in [0.29, 0.717) is 5.41 Å². The Balaban J connectivity index is 2.14. The summed E-state index contributed by atoms with van der Waals surface area (Å²) in [6, 6.07) is 0. The third-order valence-electron chi connectivity index (χ3n) is 5.49. The lowest BCUT2D eigenvalue weighted by atomic mass is 10.00. The highest BCUT2D eigenvalue weighted by atomic mass is 16.3. The summed E-state index contributed by atoms with van der Waals surface area (Å²) in [7, 11) is 0. The molecule has 0 heterocycles. The van der Waals surface area contributed by atoms with Crippen molar-refractivity contribution < 1.29 is 5.11 Å². The summed E-state index contributed by atoms with van der Waals surface area (Å²) in [5.74, 6) is 1.57. The van der Waals surface area contributed by atoms with Gasteiger partial charge in [-0.25, -0.2) is 0 Å². The zero-order valence-corrected chi connectivity index (χ0v) is 14.4. The highest BCUT2D eigenvalue weighted by Gasteiger charge is 2.55. The third kappa shape index (κ3) is 4.32. The van der Waals surface area contributed by atoms with Crippen LogP contribution in [0.5, 0.6) is 0 Å². The van der Waals surface area contributed by atoms with E-state index in [1.165, 1.54) is 23.1 Å². The number of hydrogen-bond donors (Lipinski definition) is 1. The number of fused-ring (bicyclic) bond motifs is 1. The highest BCUT2D eigenvalue weighted by Crippen LogP contribution is 2.61. The molecule has 2 aliphatic rings. The van der Waals surface area contributed by atoms with Gasteiger partial charge in [-0.15, -0.1) is 0 Å². The van der Waals surface area contributed by atoms with Crippen LogP contribution in [0.4, 0.5) is 0 Å². The zero-order chi connectivity index (χ0) is 15.6. The van der Waals surface area contributed by atoms with Gasteiger partial charge in [0.1, 0.15) is 0 Å². The molecule has 118 valence electrons. The Hall–Kier alpha value is -0.820. The van der Waals surface area contributed by atoms with Crippen molar-refractivity contribution in [3.8, 4) is 0 Å². The van der Waals surface area contributed by atoms with Crippen molar-refractivity contribution in [1.29, 1.82) is 0 Å². The van der Waals surface area contributed by atoms with Crippen molar-refractivity contribution in [3.63, 3.8) is 0 Å². The largest absolute Gasteiger partial charge is 0.389 e. The standard InChI is InChI=1S/C20H32O/c1-14-7-6-8-15(2)13-19-18(20(19,4)5)10-9-16(3)12-17(21)11-14/h7,12-13,17-19,21H,6,8-11H2,1-5H3. The molecule has 0 radical (unpaired) electrons. The van der Waals surface area contributed by atoms with E-state index in [4.69, 9.17) is 0 Å². The molecule has 1 fully saturated rings. The molecule has 0 aromatic rings. The molecular weight excluding hydrogens is 256 g/mol. The molecule has 21 heavy (non-hydrogen) atoms. The van der Waals surface area contributed by atoms with Gasteiger partial charge in [0.25, 0.3) is 0 Å². The fourth-order valence-electron chi connectivity index (χ4n) is 3.87. The minimum absolute atomic E-state index is 0.316. The molecule has 0 amide bonds. The molecule has 1 saturated carbocycles. The predicted molar refractivity (Wildman–Crippen MR) is 91.1 cm³/mol. The summed E-state index contributed by atoms with van der Waals surface area (Å²) in [5, 5.41) is 10.2. The van der Waals surface area contributed by atoms with Crippen LogP contribution < -0.4 is 0 Å². The fraction of sp³-hybridized carbons (Fsp3) is 0.700. The Morgan fingerprint density at radius 2 is 1.67 bits per heavy atom. The highest BCUT2D eigenvalue weighted by molar-refractivity contribution is 5.19. The molecule has 1 nitrogen and oxygen atoms in total. The molecule has 1 heteroatoms. The van der Waals surface area contributed by atoms with Crippen molar-refractivity contribution in [1.82, 2.24) is 0 Å². The van der Waals surface area contributed by atoms with Crippen LogP contribution in [0.15, 0.2) is 34.9 Å². The van der Waals surface area contributed by atoms with Crippen LogP contribution in [-0.4, -0.2) is 11.2 Å². The maximum Gasteiger partial charge on any atom is 0.0760 e. The lowest BCUT2D eigenvalue weighted by molar-refractivity contribution is 0.222. The first-order valence-electron chi connectivity index (χ1n) is 8.49. The van der Waals surface area contributed by atoms with Gasteiger partial charge >= 0.3 is 0 Å². The molecule has 0 aliphatic heterocycles. The normalized spacial score (nSPS) is 34.0. The molecule has 3 atom stereocenters. The molecule has 0 aromatic heterocycles. The van der Waals surface area contributed by atoms with Gasteiger partial charge in [-0.1, -0.05) is 48.8 Å². The van der Waals surface area contributed by atoms with Crippen molar-refractivity contribution in [2.75, 3.05) is 0 Å². The summed E-state index contributed by atoms with van der Waals surface area (Å²) in [6.07, 6.45) is 12.0. The maximum absolute atomic E-state index is 10.2. The van der Waals surface area contributed by atoms with Gasteiger partial charge in [0.05, 0.1) is 6.10 Å². The number of rotatable bonds is 0. The third-order valence-corrected chi connectivity index (χ3v) is 5.49. The predicted octanol–water partition coefficient (Wildman–Crippen LogP) is 5.42.